The van der Waals surface area contributed by atoms with Crippen LogP contribution in [-0.4, -0.2) is 45.8 Å². The van der Waals surface area contributed by atoms with Crippen LogP contribution in [0.4, 0.5) is 15.8 Å². The Kier molecular flexibility index (Phi) is 4.48. The molecule has 0 atom stereocenters. The summed E-state index contributed by atoms with van der Waals surface area (Å²) in [6, 6.07) is 6.77. The number of para-hydroxylation sites is 1. The first-order valence-electron chi connectivity index (χ1n) is 7.87. The zero-order valence-corrected chi connectivity index (χ0v) is 13.8. The minimum Gasteiger partial charge on any atom is -0.367 e. The fraction of sp³-hybridized carbons (Fsp3) is 0.438. The maximum Gasteiger partial charge on any atom is 0.312 e. The van der Waals surface area contributed by atoms with Crippen LogP contribution in [0.5, 0.6) is 0 Å². The fourth-order valence-corrected chi connectivity index (χ4v) is 3.12. The van der Waals surface area contributed by atoms with Crippen molar-refractivity contribution in [2.24, 2.45) is 0 Å². The van der Waals surface area contributed by atoms with E-state index < -0.39 is 0 Å². The first-order valence-corrected chi connectivity index (χ1v) is 7.87. The monoisotopic (exact) mass is 333 g/mol. The molecule has 8 heteroatoms. The number of benzene rings is 1. The summed E-state index contributed by atoms with van der Waals surface area (Å²) in [5.41, 5.74) is 1.70. The molecule has 24 heavy (non-hydrogen) atoms. The number of hydrogen-bond donors (Lipinski definition) is 0. The molecule has 0 amide bonds. The number of hydrogen-bond acceptors (Lipinski definition) is 5. The number of halogens is 1. The molecule has 2 aromatic rings. The van der Waals surface area contributed by atoms with Crippen LogP contribution in [0.2, 0.25) is 0 Å². The van der Waals surface area contributed by atoms with E-state index in [0.717, 1.165) is 13.1 Å². The van der Waals surface area contributed by atoms with Gasteiger partial charge in [-0.3, -0.25) is 15.0 Å². The molecule has 1 saturated heterocycles. The normalized spacial score (nSPS) is 15.7. The predicted octanol–water partition coefficient (Wildman–Crippen LogP) is 2.33. The van der Waals surface area contributed by atoms with Gasteiger partial charge < -0.3 is 4.90 Å². The van der Waals surface area contributed by atoms with Crippen molar-refractivity contribution in [2.45, 2.75) is 20.5 Å². The lowest BCUT2D eigenvalue weighted by Gasteiger charge is -2.36. The van der Waals surface area contributed by atoms with Crippen LogP contribution in [-0.2, 0) is 6.67 Å². The quantitative estimate of drug-likeness (QED) is 0.634. The summed E-state index contributed by atoms with van der Waals surface area (Å²) in [7, 11) is 0. The van der Waals surface area contributed by atoms with E-state index in [1.165, 1.54) is 6.07 Å². The van der Waals surface area contributed by atoms with E-state index in [1.807, 2.05) is 11.0 Å². The van der Waals surface area contributed by atoms with Crippen molar-refractivity contribution in [2.75, 3.05) is 31.1 Å². The molecule has 2 heterocycles. The van der Waals surface area contributed by atoms with Crippen molar-refractivity contribution >= 4 is 11.4 Å². The third kappa shape index (κ3) is 3.09. The van der Waals surface area contributed by atoms with Crippen molar-refractivity contribution in [1.82, 2.24) is 14.7 Å². The van der Waals surface area contributed by atoms with Crippen LogP contribution in [0.25, 0.3) is 0 Å². The van der Waals surface area contributed by atoms with Crippen LogP contribution in [0.15, 0.2) is 24.3 Å². The molecule has 0 aliphatic carbocycles. The Morgan fingerprint density at radius 1 is 1.21 bits per heavy atom. The molecule has 1 aromatic carbocycles. The molecule has 128 valence electrons. The van der Waals surface area contributed by atoms with E-state index >= 15 is 0 Å². The number of aryl methyl sites for hydroxylation is 1. The first kappa shape index (κ1) is 16.4. The third-order valence-corrected chi connectivity index (χ3v) is 4.43. The Labute approximate surface area is 139 Å². The summed E-state index contributed by atoms with van der Waals surface area (Å²) in [5.74, 6) is -0.208. The second-order valence-corrected chi connectivity index (χ2v) is 5.97. The van der Waals surface area contributed by atoms with Gasteiger partial charge in [-0.2, -0.15) is 5.10 Å². The number of nitrogens with zero attached hydrogens (tertiary/aromatic N) is 5. The van der Waals surface area contributed by atoms with Gasteiger partial charge in [-0.25, -0.2) is 9.07 Å². The highest BCUT2D eigenvalue weighted by Crippen LogP contribution is 2.23. The lowest BCUT2D eigenvalue weighted by Crippen LogP contribution is -2.47. The molecule has 1 aromatic heterocycles. The minimum atomic E-state index is -0.385. The summed E-state index contributed by atoms with van der Waals surface area (Å²) >= 11 is 0. The van der Waals surface area contributed by atoms with Gasteiger partial charge in [-0.05, 0) is 26.0 Å². The number of piperazine rings is 1. The molecular formula is C16H20FN5O2. The SMILES string of the molecule is Cc1nn(CN2CCN(c3ccccc3F)CC2)c(C)c1[N+](=O)[O-]. The number of anilines is 1. The highest BCUT2D eigenvalue weighted by atomic mass is 19.1. The summed E-state index contributed by atoms with van der Waals surface area (Å²) in [4.78, 5) is 14.9. The standard InChI is InChI=1S/C16H20FN5O2/c1-12-16(22(23)24)13(2)21(18-12)11-19-7-9-20(10-8-19)15-6-4-3-5-14(15)17/h3-6H,7-11H2,1-2H3. The van der Waals surface area contributed by atoms with Gasteiger partial charge in [0, 0.05) is 26.2 Å². The molecule has 0 radical (unpaired) electrons. The molecule has 7 nitrogen and oxygen atoms in total. The van der Waals surface area contributed by atoms with Gasteiger partial charge in [0.2, 0.25) is 0 Å². The first-order chi connectivity index (χ1) is 11.5. The van der Waals surface area contributed by atoms with E-state index in [0.29, 0.717) is 36.8 Å². The Morgan fingerprint density at radius 3 is 2.46 bits per heavy atom. The van der Waals surface area contributed by atoms with Crippen LogP contribution in [0.3, 0.4) is 0 Å². The Bertz CT molecular complexity index is 753. The van der Waals surface area contributed by atoms with Crippen LogP contribution in [0, 0.1) is 29.8 Å². The van der Waals surface area contributed by atoms with Gasteiger partial charge in [0.05, 0.1) is 17.3 Å². The summed E-state index contributed by atoms with van der Waals surface area (Å²) in [6.07, 6.45) is 0. The molecule has 1 fully saturated rings. The maximum atomic E-state index is 13.9. The molecule has 0 unspecified atom stereocenters. The number of rotatable bonds is 4. The molecule has 0 N–H and O–H groups in total. The summed E-state index contributed by atoms with van der Waals surface area (Å²) < 4.78 is 15.5. The Balaban J connectivity index is 1.65. The van der Waals surface area contributed by atoms with Crippen molar-refractivity contribution in [3.05, 3.63) is 51.6 Å². The highest BCUT2D eigenvalue weighted by Gasteiger charge is 2.24. The van der Waals surface area contributed by atoms with Crippen LogP contribution >= 0.6 is 0 Å². The minimum absolute atomic E-state index is 0.0833. The summed E-state index contributed by atoms with van der Waals surface area (Å²) in [6.45, 7) is 6.79. The van der Waals surface area contributed by atoms with E-state index in [4.69, 9.17) is 0 Å². The number of aromatic nitrogens is 2. The van der Waals surface area contributed by atoms with Gasteiger partial charge in [0.25, 0.3) is 0 Å². The van der Waals surface area contributed by atoms with Crippen molar-refractivity contribution < 1.29 is 9.31 Å². The molecule has 0 saturated carbocycles. The second kappa shape index (κ2) is 6.56. The molecule has 1 aliphatic heterocycles. The van der Waals surface area contributed by atoms with Crippen molar-refractivity contribution in [3.8, 4) is 0 Å². The maximum absolute atomic E-state index is 13.9. The van der Waals surface area contributed by atoms with E-state index in [2.05, 4.69) is 10.00 Å². The zero-order valence-electron chi connectivity index (χ0n) is 13.8. The highest BCUT2D eigenvalue weighted by molar-refractivity contribution is 5.48. The van der Waals surface area contributed by atoms with E-state index in [9.17, 15) is 14.5 Å². The van der Waals surface area contributed by atoms with Gasteiger partial charge in [-0.1, -0.05) is 12.1 Å². The molecule has 0 bridgehead atoms. The smallest absolute Gasteiger partial charge is 0.312 e. The van der Waals surface area contributed by atoms with Gasteiger partial charge >= 0.3 is 5.69 Å². The topological polar surface area (TPSA) is 67.4 Å². The molecule has 1 aliphatic rings. The Morgan fingerprint density at radius 2 is 1.88 bits per heavy atom. The zero-order chi connectivity index (χ0) is 17.3. The largest absolute Gasteiger partial charge is 0.367 e. The summed E-state index contributed by atoms with van der Waals surface area (Å²) in [5, 5.41) is 15.4. The molecule has 3 rings (SSSR count). The van der Waals surface area contributed by atoms with Crippen LogP contribution in [0.1, 0.15) is 11.4 Å². The average Bonchev–Trinajstić information content (AvgIpc) is 2.83. The van der Waals surface area contributed by atoms with E-state index in [-0.39, 0.29) is 16.4 Å². The van der Waals surface area contributed by atoms with Crippen molar-refractivity contribution in [3.63, 3.8) is 0 Å². The molecular weight excluding hydrogens is 313 g/mol. The Hall–Kier alpha value is -2.48. The number of nitro groups is 1. The predicted molar refractivity (Wildman–Crippen MR) is 88.5 cm³/mol. The average molecular weight is 333 g/mol. The van der Waals surface area contributed by atoms with Gasteiger partial charge in [-0.15, -0.1) is 0 Å². The van der Waals surface area contributed by atoms with Gasteiger partial charge in [0.1, 0.15) is 17.2 Å². The van der Waals surface area contributed by atoms with Gasteiger partial charge in [0.15, 0.2) is 0 Å². The second-order valence-electron chi connectivity index (χ2n) is 5.97. The third-order valence-electron chi connectivity index (χ3n) is 4.43. The fourth-order valence-electron chi connectivity index (χ4n) is 3.12. The lowest BCUT2D eigenvalue weighted by atomic mass is 10.2. The van der Waals surface area contributed by atoms with E-state index in [1.54, 1.807) is 30.7 Å². The lowest BCUT2D eigenvalue weighted by molar-refractivity contribution is -0.386. The van der Waals surface area contributed by atoms with Crippen LogP contribution < -0.4 is 4.90 Å². The molecule has 0 spiro atoms. The van der Waals surface area contributed by atoms with Crippen molar-refractivity contribution in [1.29, 1.82) is 0 Å².